The van der Waals surface area contributed by atoms with E-state index in [2.05, 4.69) is 5.32 Å². The number of halogens is 1. The lowest BCUT2D eigenvalue weighted by molar-refractivity contribution is -0.120. The maximum absolute atomic E-state index is 11.5. The Morgan fingerprint density at radius 1 is 1.40 bits per heavy atom. The van der Waals surface area contributed by atoms with Gasteiger partial charge in [0, 0.05) is 29.7 Å². The van der Waals surface area contributed by atoms with Gasteiger partial charge in [0.1, 0.15) is 5.75 Å². The van der Waals surface area contributed by atoms with Crippen molar-refractivity contribution in [3.63, 3.8) is 0 Å². The first-order chi connectivity index (χ1) is 9.11. The summed E-state index contributed by atoms with van der Waals surface area (Å²) < 4.78 is 5.09. The van der Waals surface area contributed by atoms with E-state index in [-0.39, 0.29) is 24.4 Å². The first-order valence-electron chi connectivity index (χ1n) is 6.41. The number of hydrogen-bond acceptors (Lipinski definition) is 4. The van der Waals surface area contributed by atoms with Gasteiger partial charge in [0.05, 0.1) is 7.11 Å². The summed E-state index contributed by atoms with van der Waals surface area (Å²) in [6.07, 6.45) is 1.34. The van der Waals surface area contributed by atoms with Crippen LogP contribution in [0.1, 0.15) is 19.8 Å². The molecular formula is C14H23ClN2O2S. The van der Waals surface area contributed by atoms with Crippen LogP contribution in [0.5, 0.6) is 5.75 Å². The number of methoxy groups -OCH3 is 1. The van der Waals surface area contributed by atoms with E-state index in [0.29, 0.717) is 13.0 Å². The number of amides is 1. The molecule has 0 heterocycles. The Morgan fingerprint density at radius 2 is 2.05 bits per heavy atom. The summed E-state index contributed by atoms with van der Waals surface area (Å²) >= 11 is 1.67. The van der Waals surface area contributed by atoms with Gasteiger partial charge < -0.3 is 15.8 Å². The lowest BCUT2D eigenvalue weighted by Crippen LogP contribution is -2.29. The van der Waals surface area contributed by atoms with Gasteiger partial charge in [-0.1, -0.05) is 0 Å². The minimum atomic E-state index is 0. The Balaban J connectivity index is 0.00000361. The standard InChI is InChI=1S/C14H22N2O2S.ClH/c1-11(15)7-9-16-14(17)8-10-19-13-5-3-12(18-2)4-6-13;/h3-6,11H,7-10,15H2,1-2H3,(H,16,17);1H. The van der Waals surface area contributed by atoms with E-state index in [9.17, 15) is 4.79 Å². The summed E-state index contributed by atoms with van der Waals surface area (Å²) in [6.45, 7) is 2.59. The number of carbonyl (C=O) groups excluding carboxylic acids is 1. The third kappa shape index (κ3) is 8.30. The van der Waals surface area contributed by atoms with Crippen LogP contribution in [0.25, 0.3) is 0 Å². The molecule has 114 valence electrons. The van der Waals surface area contributed by atoms with E-state index in [1.54, 1.807) is 18.9 Å². The Morgan fingerprint density at radius 3 is 2.60 bits per heavy atom. The molecular weight excluding hydrogens is 296 g/mol. The minimum absolute atomic E-state index is 0. The fraction of sp³-hybridized carbons (Fsp3) is 0.500. The van der Waals surface area contributed by atoms with Crippen LogP contribution in [0.3, 0.4) is 0 Å². The Labute approximate surface area is 131 Å². The molecule has 20 heavy (non-hydrogen) atoms. The second-order valence-electron chi connectivity index (χ2n) is 4.39. The van der Waals surface area contributed by atoms with Crippen molar-refractivity contribution in [3.05, 3.63) is 24.3 Å². The molecule has 1 unspecified atom stereocenters. The van der Waals surface area contributed by atoms with Crippen LogP contribution in [-0.2, 0) is 4.79 Å². The second kappa shape index (κ2) is 10.8. The smallest absolute Gasteiger partial charge is 0.220 e. The molecule has 1 atom stereocenters. The van der Waals surface area contributed by atoms with E-state index in [1.165, 1.54) is 0 Å². The number of thioether (sulfide) groups is 1. The van der Waals surface area contributed by atoms with Crippen LogP contribution in [0.15, 0.2) is 29.2 Å². The van der Waals surface area contributed by atoms with Crippen molar-refractivity contribution in [1.82, 2.24) is 5.32 Å². The average Bonchev–Trinajstić information content (AvgIpc) is 2.39. The van der Waals surface area contributed by atoms with Gasteiger partial charge in [0.15, 0.2) is 0 Å². The molecule has 1 rings (SSSR count). The lowest BCUT2D eigenvalue weighted by Gasteiger charge is -2.07. The van der Waals surface area contributed by atoms with Crippen molar-refractivity contribution in [1.29, 1.82) is 0 Å². The number of carbonyl (C=O) groups is 1. The predicted octanol–water partition coefficient (Wildman–Crippen LogP) is 2.45. The number of ether oxygens (including phenoxy) is 1. The molecule has 3 N–H and O–H groups in total. The molecule has 1 aromatic rings. The van der Waals surface area contributed by atoms with Crippen LogP contribution in [0, 0.1) is 0 Å². The third-order valence-corrected chi connectivity index (χ3v) is 3.59. The number of rotatable bonds is 8. The van der Waals surface area contributed by atoms with E-state index in [0.717, 1.165) is 22.8 Å². The van der Waals surface area contributed by atoms with E-state index < -0.39 is 0 Å². The van der Waals surface area contributed by atoms with E-state index in [4.69, 9.17) is 10.5 Å². The molecule has 0 aliphatic heterocycles. The highest BCUT2D eigenvalue weighted by atomic mass is 35.5. The normalized spacial score (nSPS) is 11.3. The predicted molar refractivity (Wildman–Crippen MR) is 86.9 cm³/mol. The molecule has 0 saturated heterocycles. The largest absolute Gasteiger partial charge is 0.497 e. The number of benzene rings is 1. The summed E-state index contributed by atoms with van der Waals surface area (Å²) in [7, 11) is 1.65. The zero-order valence-corrected chi connectivity index (χ0v) is 13.6. The van der Waals surface area contributed by atoms with Crippen molar-refractivity contribution in [2.24, 2.45) is 5.73 Å². The molecule has 0 bridgehead atoms. The highest BCUT2D eigenvalue weighted by Gasteiger charge is 2.02. The third-order valence-electron chi connectivity index (χ3n) is 2.58. The molecule has 0 aliphatic rings. The minimum Gasteiger partial charge on any atom is -0.497 e. The SMILES string of the molecule is COc1ccc(SCCC(=O)NCCC(C)N)cc1.Cl. The van der Waals surface area contributed by atoms with Gasteiger partial charge in [-0.15, -0.1) is 24.2 Å². The van der Waals surface area contributed by atoms with Crippen molar-refractivity contribution in [3.8, 4) is 5.75 Å². The fourth-order valence-electron chi connectivity index (χ4n) is 1.46. The number of nitrogens with one attached hydrogen (secondary N) is 1. The number of hydrogen-bond donors (Lipinski definition) is 2. The molecule has 6 heteroatoms. The van der Waals surface area contributed by atoms with Crippen LogP contribution in [0.4, 0.5) is 0 Å². The Hall–Kier alpha value is -0.910. The molecule has 0 aliphatic carbocycles. The van der Waals surface area contributed by atoms with Crippen molar-refractivity contribution >= 4 is 30.1 Å². The maximum Gasteiger partial charge on any atom is 0.220 e. The number of nitrogens with two attached hydrogens (primary N) is 1. The van der Waals surface area contributed by atoms with Gasteiger partial charge in [-0.05, 0) is 37.6 Å². The summed E-state index contributed by atoms with van der Waals surface area (Å²) in [4.78, 5) is 12.7. The van der Waals surface area contributed by atoms with Crippen LogP contribution >= 0.6 is 24.2 Å². The molecule has 0 radical (unpaired) electrons. The molecule has 4 nitrogen and oxygen atoms in total. The summed E-state index contributed by atoms with van der Waals surface area (Å²) in [6, 6.07) is 7.97. The topological polar surface area (TPSA) is 64.3 Å². The van der Waals surface area contributed by atoms with Gasteiger partial charge in [-0.3, -0.25) is 4.79 Å². The van der Waals surface area contributed by atoms with Crippen molar-refractivity contribution in [2.75, 3.05) is 19.4 Å². The second-order valence-corrected chi connectivity index (χ2v) is 5.56. The van der Waals surface area contributed by atoms with Gasteiger partial charge >= 0.3 is 0 Å². The van der Waals surface area contributed by atoms with Crippen LogP contribution in [-0.4, -0.2) is 31.4 Å². The average molecular weight is 319 g/mol. The monoisotopic (exact) mass is 318 g/mol. The van der Waals surface area contributed by atoms with E-state index in [1.807, 2.05) is 31.2 Å². The van der Waals surface area contributed by atoms with E-state index >= 15 is 0 Å². The molecule has 1 aromatic carbocycles. The quantitative estimate of drug-likeness (QED) is 0.723. The Kier molecular flexibility index (Phi) is 10.3. The van der Waals surface area contributed by atoms with Gasteiger partial charge in [-0.2, -0.15) is 0 Å². The molecule has 0 saturated carbocycles. The zero-order valence-electron chi connectivity index (χ0n) is 11.9. The van der Waals surface area contributed by atoms with Gasteiger partial charge in [-0.25, -0.2) is 0 Å². The fourth-order valence-corrected chi connectivity index (χ4v) is 2.31. The molecule has 1 amide bonds. The molecule has 0 fully saturated rings. The summed E-state index contributed by atoms with van der Waals surface area (Å²) in [5, 5.41) is 2.87. The van der Waals surface area contributed by atoms with Crippen LogP contribution in [0.2, 0.25) is 0 Å². The Bertz CT molecular complexity index is 385. The van der Waals surface area contributed by atoms with Gasteiger partial charge in [0.25, 0.3) is 0 Å². The highest BCUT2D eigenvalue weighted by molar-refractivity contribution is 7.99. The van der Waals surface area contributed by atoms with Crippen molar-refractivity contribution in [2.45, 2.75) is 30.7 Å². The first-order valence-corrected chi connectivity index (χ1v) is 7.39. The highest BCUT2D eigenvalue weighted by Crippen LogP contribution is 2.21. The summed E-state index contributed by atoms with van der Waals surface area (Å²) in [5.74, 6) is 1.70. The molecule has 0 spiro atoms. The first kappa shape index (κ1) is 19.1. The van der Waals surface area contributed by atoms with Crippen molar-refractivity contribution < 1.29 is 9.53 Å². The maximum atomic E-state index is 11.5. The van der Waals surface area contributed by atoms with Crippen LogP contribution < -0.4 is 15.8 Å². The summed E-state index contributed by atoms with van der Waals surface area (Å²) in [5.41, 5.74) is 5.61. The zero-order chi connectivity index (χ0) is 14.1. The van der Waals surface area contributed by atoms with Gasteiger partial charge in [0.2, 0.25) is 5.91 Å². The lowest BCUT2D eigenvalue weighted by atomic mass is 10.2. The molecule has 0 aromatic heterocycles.